The normalized spacial score (nSPS) is 17.9. The molecule has 0 spiro atoms. The summed E-state index contributed by atoms with van der Waals surface area (Å²) < 4.78 is 13.8. The maximum absolute atomic E-state index is 13.1. The second-order valence-corrected chi connectivity index (χ2v) is 6.47. The first-order valence-electron chi connectivity index (χ1n) is 7.25. The molecule has 2 rings (SSSR count). The predicted octanol–water partition coefficient (Wildman–Crippen LogP) is 3.87. The molecule has 0 atom stereocenters. The average molecular weight is 342 g/mol. The number of hydrogen-bond acceptors (Lipinski definition) is 2. The van der Waals surface area contributed by atoms with Crippen molar-refractivity contribution in [1.82, 2.24) is 5.32 Å². The van der Waals surface area contributed by atoms with Crippen molar-refractivity contribution in [2.45, 2.75) is 39.0 Å². The molecule has 0 unspecified atom stereocenters. The summed E-state index contributed by atoms with van der Waals surface area (Å²) in [6.45, 7) is 3.96. The van der Waals surface area contributed by atoms with Gasteiger partial charge in [0.1, 0.15) is 11.6 Å². The van der Waals surface area contributed by atoms with Crippen LogP contribution in [0.2, 0.25) is 0 Å². The van der Waals surface area contributed by atoms with Gasteiger partial charge in [0, 0.05) is 16.3 Å². The maximum atomic E-state index is 13.1. The molecule has 1 aromatic rings. The Morgan fingerprint density at radius 3 is 2.70 bits per heavy atom. The van der Waals surface area contributed by atoms with Gasteiger partial charge in [-0.1, -0.05) is 35.3 Å². The third-order valence-corrected chi connectivity index (χ3v) is 4.99. The molecule has 0 saturated carbocycles. The van der Waals surface area contributed by atoms with E-state index in [9.17, 15) is 9.18 Å². The van der Waals surface area contributed by atoms with Gasteiger partial charge in [-0.05, 0) is 50.0 Å². The highest BCUT2D eigenvalue weighted by Gasteiger charge is 2.38. The van der Waals surface area contributed by atoms with Gasteiger partial charge < -0.3 is 5.32 Å². The molecule has 0 aromatic heterocycles. The number of hydrogen-bond donors (Lipinski definition) is 1. The van der Waals surface area contributed by atoms with Gasteiger partial charge in [0.25, 0.3) is 0 Å². The molecule has 1 N–H and O–H groups in total. The fourth-order valence-corrected chi connectivity index (χ4v) is 3.57. The van der Waals surface area contributed by atoms with Crippen LogP contribution >= 0.6 is 15.9 Å². The molecule has 110 valence electrons. The minimum absolute atomic E-state index is 0.187. The van der Waals surface area contributed by atoms with Crippen LogP contribution in [-0.4, -0.2) is 18.9 Å². The number of Topliss-reactive ketones (excluding diaryl/α,β-unsaturated/α-hetero) is 1. The van der Waals surface area contributed by atoms with E-state index in [-0.39, 0.29) is 11.2 Å². The summed E-state index contributed by atoms with van der Waals surface area (Å²) in [5.74, 6) is 0.0198. The van der Waals surface area contributed by atoms with Crippen LogP contribution in [-0.2, 0) is 11.2 Å². The predicted molar refractivity (Wildman–Crippen MR) is 82.3 cm³/mol. The van der Waals surface area contributed by atoms with Gasteiger partial charge in [0.05, 0.1) is 0 Å². The average Bonchev–Trinajstić information content (AvgIpc) is 2.43. The second-order valence-electron chi connectivity index (χ2n) is 5.62. The molecule has 0 radical (unpaired) electrons. The quantitative estimate of drug-likeness (QED) is 0.880. The lowest BCUT2D eigenvalue weighted by atomic mass is 9.70. The molecule has 0 amide bonds. The Hall–Kier alpha value is -0.740. The fourth-order valence-electron chi connectivity index (χ4n) is 3.08. The monoisotopic (exact) mass is 341 g/mol. The van der Waals surface area contributed by atoms with E-state index in [0.29, 0.717) is 16.7 Å². The van der Waals surface area contributed by atoms with E-state index in [0.717, 1.165) is 44.3 Å². The minimum atomic E-state index is -0.279. The van der Waals surface area contributed by atoms with Crippen molar-refractivity contribution in [3.63, 3.8) is 0 Å². The van der Waals surface area contributed by atoms with Gasteiger partial charge in [0.2, 0.25) is 0 Å². The summed E-state index contributed by atoms with van der Waals surface area (Å²) in [6.07, 6.45) is 4.19. The van der Waals surface area contributed by atoms with Gasteiger partial charge in [0.15, 0.2) is 0 Å². The number of halogens is 2. The molecule has 2 nitrogen and oxygen atoms in total. The summed E-state index contributed by atoms with van der Waals surface area (Å²) >= 11 is 3.35. The number of ketones is 1. The number of carbonyl (C=O) groups is 1. The molecular weight excluding hydrogens is 321 g/mol. The number of nitrogens with one attached hydrogen (secondary N) is 1. The molecule has 0 aliphatic carbocycles. The molecule has 1 aromatic carbocycles. The highest BCUT2D eigenvalue weighted by molar-refractivity contribution is 9.10. The summed E-state index contributed by atoms with van der Waals surface area (Å²) in [5, 5.41) is 3.32. The Balaban J connectivity index is 2.15. The largest absolute Gasteiger partial charge is 0.317 e. The summed E-state index contributed by atoms with van der Waals surface area (Å²) in [6, 6.07) is 4.55. The van der Waals surface area contributed by atoms with Crippen LogP contribution in [0.25, 0.3) is 0 Å². The van der Waals surface area contributed by atoms with E-state index in [2.05, 4.69) is 28.2 Å². The highest BCUT2D eigenvalue weighted by atomic mass is 79.9. The molecule has 0 bridgehead atoms. The number of piperidine rings is 1. The Morgan fingerprint density at radius 1 is 1.40 bits per heavy atom. The van der Waals surface area contributed by atoms with Crippen LogP contribution in [0.4, 0.5) is 4.39 Å². The van der Waals surface area contributed by atoms with Crippen molar-refractivity contribution in [1.29, 1.82) is 0 Å². The van der Waals surface area contributed by atoms with E-state index in [1.54, 1.807) is 6.07 Å². The summed E-state index contributed by atoms with van der Waals surface area (Å²) in [7, 11) is 0. The number of benzene rings is 1. The van der Waals surface area contributed by atoms with Crippen LogP contribution in [0.1, 0.15) is 38.2 Å². The first kappa shape index (κ1) is 15.6. The van der Waals surface area contributed by atoms with Crippen LogP contribution in [0, 0.1) is 11.2 Å². The molecule has 1 heterocycles. The first-order valence-corrected chi connectivity index (χ1v) is 8.05. The molecular formula is C16H21BrFNO. The van der Waals surface area contributed by atoms with Crippen LogP contribution in [0.15, 0.2) is 22.7 Å². The molecule has 20 heavy (non-hydrogen) atoms. The van der Waals surface area contributed by atoms with Gasteiger partial charge >= 0.3 is 0 Å². The van der Waals surface area contributed by atoms with E-state index >= 15 is 0 Å². The van der Waals surface area contributed by atoms with Crippen LogP contribution in [0.5, 0.6) is 0 Å². The van der Waals surface area contributed by atoms with E-state index in [1.165, 1.54) is 12.1 Å². The molecule has 4 heteroatoms. The Kier molecular flexibility index (Phi) is 5.33. The van der Waals surface area contributed by atoms with Gasteiger partial charge in [-0.15, -0.1) is 0 Å². The maximum Gasteiger partial charge on any atom is 0.143 e. The smallest absolute Gasteiger partial charge is 0.143 e. The Bertz CT molecular complexity index is 478. The first-order chi connectivity index (χ1) is 9.57. The second kappa shape index (κ2) is 6.81. The lowest BCUT2D eigenvalue weighted by molar-refractivity contribution is -0.130. The molecule has 1 aliphatic heterocycles. The van der Waals surface area contributed by atoms with Crippen molar-refractivity contribution in [3.8, 4) is 0 Å². The lowest BCUT2D eigenvalue weighted by Gasteiger charge is -2.36. The molecule has 1 fully saturated rings. The molecule has 1 saturated heterocycles. The SMILES string of the molecule is CCCC1(C(=O)Cc2ccc(F)cc2Br)CCNCC1. The van der Waals surface area contributed by atoms with E-state index in [1.807, 2.05) is 0 Å². The number of rotatable bonds is 5. The minimum Gasteiger partial charge on any atom is -0.317 e. The van der Waals surface area contributed by atoms with E-state index < -0.39 is 0 Å². The van der Waals surface area contributed by atoms with Gasteiger partial charge in [-0.25, -0.2) is 4.39 Å². The van der Waals surface area contributed by atoms with Crippen molar-refractivity contribution in [2.24, 2.45) is 5.41 Å². The Morgan fingerprint density at radius 2 is 2.10 bits per heavy atom. The van der Waals surface area contributed by atoms with Crippen molar-refractivity contribution < 1.29 is 9.18 Å². The third kappa shape index (κ3) is 3.47. The van der Waals surface area contributed by atoms with Crippen LogP contribution in [0.3, 0.4) is 0 Å². The van der Waals surface area contributed by atoms with Crippen molar-refractivity contribution in [3.05, 3.63) is 34.1 Å². The van der Waals surface area contributed by atoms with E-state index in [4.69, 9.17) is 0 Å². The van der Waals surface area contributed by atoms with Crippen molar-refractivity contribution >= 4 is 21.7 Å². The Labute approximate surface area is 128 Å². The standard InChI is InChI=1S/C16H21BrFNO/c1-2-5-16(6-8-19-9-7-16)15(20)10-12-3-4-13(18)11-14(12)17/h3-4,11,19H,2,5-10H2,1H3. The van der Waals surface area contributed by atoms with Crippen LogP contribution < -0.4 is 5.32 Å². The lowest BCUT2D eigenvalue weighted by Crippen LogP contribution is -2.42. The van der Waals surface area contributed by atoms with Crippen molar-refractivity contribution in [2.75, 3.05) is 13.1 Å². The number of carbonyl (C=O) groups excluding carboxylic acids is 1. The zero-order valence-corrected chi connectivity index (χ0v) is 13.4. The summed E-state index contributed by atoms with van der Waals surface area (Å²) in [4.78, 5) is 12.8. The van der Waals surface area contributed by atoms with Gasteiger partial charge in [-0.2, -0.15) is 0 Å². The van der Waals surface area contributed by atoms with Gasteiger partial charge in [-0.3, -0.25) is 4.79 Å². The topological polar surface area (TPSA) is 29.1 Å². The fraction of sp³-hybridized carbons (Fsp3) is 0.562. The zero-order valence-electron chi connectivity index (χ0n) is 11.8. The molecule has 1 aliphatic rings. The zero-order chi connectivity index (χ0) is 14.6. The third-order valence-electron chi connectivity index (χ3n) is 4.25. The summed E-state index contributed by atoms with van der Waals surface area (Å²) in [5.41, 5.74) is 0.693. The highest BCUT2D eigenvalue weighted by Crippen LogP contribution is 2.36.